The van der Waals surface area contributed by atoms with Crippen molar-refractivity contribution in [2.24, 2.45) is 0 Å². The second kappa shape index (κ2) is 4.32. The minimum absolute atomic E-state index is 0.0694. The topological polar surface area (TPSA) is 38.0 Å². The molecule has 0 radical (unpaired) electrons. The fraction of sp³-hybridized carbons (Fsp3) is 0.700. The summed E-state index contributed by atoms with van der Waals surface area (Å²) in [4.78, 5) is 0. The Kier molecular flexibility index (Phi) is 3.08. The molecule has 0 spiro atoms. The van der Waals surface area contributed by atoms with Crippen molar-refractivity contribution in [3.05, 3.63) is 17.4 Å². The van der Waals surface area contributed by atoms with Gasteiger partial charge in [-0.2, -0.15) is 5.10 Å². The Morgan fingerprint density at radius 3 is 2.86 bits per heavy atom. The smallest absolute Gasteiger partial charge is 0.127 e. The van der Waals surface area contributed by atoms with Gasteiger partial charge in [0.05, 0.1) is 18.3 Å². The Labute approximate surface area is 88.7 Å². The van der Waals surface area contributed by atoms with E-state index in [2.05, 4.69) is 5.10 Å². The molecular weight excluding hydrogens is 200 g/mol. The quantitative estimate of drug-likeness (QED) is 0.730. The standard InChI is InChI=1S/C10H15ClN2O/c11-10-6-7-12-13(10)8-4-2-1-3-5-9(8)14/h6-9,14H,1-5H2. The van der Waals surface area contributed by atoms with Gasteiger partial charge in [0.2, 0.25) is 0 Å². The molecule has 0 saturated heterocycles. The molecule has 1 aromatic heterocycles. The van der Waals surface area contributed by atoms with Crippen LogP contribution in [0.5, 0.6) is 0 Å². The first-order valence-electron chi connectivity index (χ1n) is 5.16. The van der Waals surface area contributed by atoms with Gasteiger partial charge in [-0.15, -0.1) is 0 Å². The Morgan fingerprint density at radius 1 is 1.36 bits per heavy atom. The van der Waals surface area contributed by atoms with Gasteiger partial charge in [0.15, 0.2) is 0 Å². The number of hydrogen-bond acceptors (Lipinski definition) is 2. The lowest BCUT2D eigenvalue weighted by molar-refractivity contribution is 0.0992. The molecule has 0 amide bonds. The molecule has 0 aliphatic heterocycles. The molecule has 1 heterocycles. The zero-order valence-corrected chi connectivity index (χ0v) is 8.82. The molecule has 0 bridgehead atoms. The van der Waals surface area contributed by atoms with E-state index >= 15 is 0 Å². The van der Waals surface area contributed by atoms with Crippen LogP contribution < -0.4 is 0 Å². The van der Waals surface area contributed by atoms with E-state index in [-0.39, 0.29) is 12.1 Å². The molecule has 14 heavy (non-hydrogen) atoms. The molecule has 1 aliphatic carbocycles. The molecule has 2 atom stereocenters. The van der Waals surface area contributed by atoms with E-state index < -0.39 is 0 Å². The first-order chi connectivity index (χ1) is 6.79. The molecule has 3 nitrogen and oxygen atoms in total. The normalized spacial score (nSPS) is 28.7. The Balaban J connectivity index is 2.19. The number of aliphatic hydroxyl groups excluding tert-OH is 1. The third-order valence-electron chi connectivity index (χ3n) is 2.88. The van der Waals surface area contributed by atoms with Crippen LogP contribution in [0, 0.1) is 0 Å². The second-order valence-electron chi connectivity index (χ2n) is 3.87. The van der Waals surface area contributed by atoms with E-state index in [0.717, 1.165) is 25.7 Å². The van der Waals surface area contributed by atoms with Crippen LogP contribution in [0.15, 0.2) is 12.3 Å². The number of hydrogen-bond donors (Lipinski definition) is 1. The van der Waals surface area contributed by atoms with Gasteiger partial charge in [-0.25, -0.2) is 4.68 Å². The van der Waals surface area contributed by atoms with Gasteiger partial charge in [0.1, 0.15) is 5.15 Å². The highest BCUT2D eigenvalue weighted by atomic mass is 35.5. The van der Waals surface area contributed by atoms with Crippen LogP contribution in [0.1, 0.15) is 38.1 Å². The molecule has 1 fully saturated rings. The highest BCUT2D eigenvalue weighted by Gasteiger charge is 2.24. The third kappa shape index (κ3) is 1.93. The monoisotopic (exact) mass is 214 g/mol. The Hall–Kier alpha value is -0.540. The number of halogens is 1. The highest BCUT2D eigenvalue weighted by Crippen LogP contribution is 2.29. The maximum atomic E-state index is 9.93. The summed E-state index contributed by atoms with van der Waals surface area (Å²) in [6.07, 6.45) is 6.68. The van der Waals surface area contributed by atoms with E-state index in [1.165, 1.54) is 6.42 Å². The zero-order chi connectivity index (χ0) is 9.97. The number of nitrogens with zero attached hydrogens (tertiary/aromatic N) is 2. The molecule has 4 heteroatoms. The molecule has 0 aromatic carbocycles. The number of aliphatic hydroxyl groups is 1. The summed E-state index contributed by atoms with van der Waals surface area (Å²) >= 11 is 5.98. The van der Waals surface area contributed by atoms with Gasteiger partial charge in [-0.05, 0) is 18.9 Å². The van der Waals surface area contributed by atoms with Gasteiger partial charge in [0.25, 0.3) is 0 Å². The first-order valence-corrected chi connectivity index (χ1v) is 5.54. The van der Waals surface area contributed by atoms with Crippen LogP contribution in [-0.2, 0) is 0 Å². The molecule has 1 aliphatic rings. The van der Waals surface area contributed by atoms with E-state index in [4.69, 9.17) is 11.6 Å². The largest absolute Gasteiger partial charge is 0.391 e. The lowest BCUT2D eigenvalue weighted by atomic mass is 10.1. The van der Waals surface area contributed by atoms with Gasteiger partial charge >= 0.3 is 0 Å². The summed E-state index contributed by atoms with van der Waals surface area (Å²) in [5, 5.41) is 14.7. The Bertz CT molecular complexity index is 300. The van der Waals surface area contributed by atoms with Crippen molar-refractivity contribution >= 4 is 11.6 Å². The molecule has 2 rings (SSSR count). The minimum atomic E-state index is -0.296. The van der Waals surface area contributed by atoms with Crippen molar-refractivity contribution in [2.75, 3.05) is 0 Å². The van der Waals surface area contributed by atoms with Crippen LogP contribution in [0.3, 0.4) is 0 Å². The maximum absolute atomic E-state index is 9.93. The molecule has 1 N–H and O–H groups in total. The van der Waals surface area contributed by atoms with Crippen LogP contribution in [-0.4, -0.2) is 21.0 Å². The van der Waals surface area contributed by atoms with Crippen LogP contribution in [0.2, 0.25) is 5.15 Å². The van der Waals surface area contributed by atoms with Crippen LogP contribution in [0.25, 0.3) is 0 Å². The summed E-state index contributed by atoms with van der Waals surface area (Å²) < 4.78 is 1.75. The first kappa shape index (κ1) is 9.99. The van der Waals surface area contributed by atoms with Crippen molar-refractivity contribution < 1.29 is 5.11 Å². The molecule has 1 saturated carbocycles. The maximum Gasteiger partial charge on any atom is 0.127 e. The van der Waals surface area contributed by atoms with Crippen molar-refractivity contribution in [1.29, 1.82) is 0 Å². The lowest BCUT2D eigenvalue weighted by Crippen LogP contribution is -2.23. The summed E-state index contributed by atoms with van der Waals surface area (Å²) in [5.41, 5.74) is 0. The van der Waals surface area contributed by atoms with Crippen molar-refractivity contribution in [3.8, 4) is 0 Å². The lowest BCUT2D eigenvalue weighted by Gasteiger charge is -2.21. The molecule has 2 unspecified atom stereocenters. The highest BCUT2D eigenvalue weighted by molar-refractivity contribution is 6.29. The van der Waals surface area contributed by atoms with Gasteiger partial charge in [-0.1, -0.05) is 30.9 Å². The van der Waals surface area contributed by atoms with Crippen LogP contribution >= 0.6 is 11.6 Å². The van der Waals surface area contributed by atoms with Crippen molar-refractivity contribution in [1.82, 2.24) is 9.78 Å². The van der Waals surface area contributed by atoms with E-state index in [0.29, 0.717) is 5.15 Å². The third-order valence-corrected chi connectivity index (χ3v) is 3.18. The minimum Gasteiger partial charge on any atom is -0.391 e. The predicted octanol–water partition coefficient (Wildman–Crippen LogP) is 2.40. The molecule has 1 aromatic rings. The van der Waals surface area contributed by atoms with Gasteiger partial charge in [0, 0.05) is 0 Å². The summed E-state index contributed by atoms with van der Waals surface area (Å²) in [6.45, 7) is 0. The summed E-state index contributed by atoms with van der Waals surface area (Å²) in [6, 6.07) is 1.83. The zero-order valence-electron chi connectivity index (χ0n) is 8.06. The summed E-state index contributed by atoms with van der Waals surface area (Å²) in [7, 11) is 0. The fourth-order valence-electron chi connectivity index (χ4n) is 2.10. The average molecular weight is 215 g/mol. The van der Waals surface area contributed by atoms with E-state index in [9.17, 15) is 5.11 Å². The number of aromatic nitrogens is 2. The van der Waals surface area contributed by atoms with Crippen molar-refractivity contribution in [3.63, 3.8) is 0 Å². The van der Waals surface area contributed by atoms with E-state index in [1.807, 2.05) is 0 Å². The summed E-state index contributed by atoms with van der Waals surface area (Å²) in [5.74, 6) is 0. The van der Waals surface area contributed by atoms with Crippen molar-refractivity contribution in [2.45, 2.75) is 44.2 Å². The predicted molar refractivity (Wildman–Crippen MR) is 55.4 cm³/mol. The van der Waals surface area contributed by atoms with E-state index in [1.54, 1.807) is 16.9 Å². The molecule has 78 valence electrons. The van der Waals surface area contributed by atoms with Gasteiger partial charge in [-0.3, -0.25) is 0 Å². The second-order valence-corrected chi connectivity index (χ2v) is 4.26. The SMILES string of the molecule is OC1CCCCCC1n1nccc1Cl. The van der Waals surface area contributed by atoms with Gasteiger partial charge < -0.3 is 5.11 Å². The fourth-order valence-corrected chi connectivity index (χ4v) is 2.32. The Morgan fingerprint density at radius 2 is 2.14 bits per heavy atom. The molecular formula is C10H15ClN2O. The number of rotatable bonds is 1. The average Bonchev–Trinajstić information content (AvgIpc) is 2.46. The van der Waals surface area contributed by atoms with Crippen LogP contribution in [0.4, 0.5) is 0 Å².